The van der Waals surface area contributed by atoms with Gasteiger partial charge >= 0.3 is 11.9 Å². The molecule has 0 aliphatic rings. The quantitative estimate of drug-likeness (QED) is 0.789. The van der Waals surface area contributed by atoms with Crippen LogP contribution in [0.5, 0.6) is 0 Å². The van der Waals surface area contributed by atoms with Crippen molar-refractivity contribution in [1.82, 2.24) is 0 Å². The zero-order valence-electron chi connectivity index (χ0n) is 12.5. The van der Waals surface area contributed by atoms with Crippen molar-refractivity contribution in [1.29, 1.82) is 0 Å². The number of para-hydroxylation sites is 1. The average Bonchev–Trinajstić information content (AvgIpc) is 2.96. The van der Waals surface area contributed by atoms with Gasteiger partial charge in [0.15, 0.2) is 0 Å². The Morgan fingerprint density at radius 2 is 1.75 bits per heavy atom. The summed E-state index contributed by atoms with van der Waals surface area (Å²) in [5.41, 5.74) is 0.0482. The Hall–Kier alpha value is -2.10. The number of carbonyl (C=O) groups is 2. The van der Waals surface area contributed by atoms with E-state index in [1.165, 1.54) is 19.2 Å². The average molecular weight is 390 g/mol. The number of rotatable bonds is 5. The minimum absolute atomic E-state index is 0.0162. The van der Waals surface area contributed by atoms with E-state index < -0.39 is 22.0 Å². The Morgan fingerprint density at radius 3 is 2.38 bits per heavy atom. The van der Waals surface area contributed by atoms with Gasteiger partial charge in [0.25, 0.3) is 10.0 Å². The molecule has 0 bridgehead atoms. The van der Waals surface area contributed by atoms with Crippen LogP contribution in [0.25, 0.3) is 0 Å². The summed E-state index contributed by atoms with van der Waals surface area (Å²) in [5.74, 6) is -1.53. The zero-order valence-corrected chi connectivity index (χ0v) is 14.9. The number of thiophene rings is 1. The fourth-order valence-electron chi connectivity index (χ4n) is 1.84. The van der Waals surface area contributed by atoms with Crippen molar-refractivity contribution in [2.75, 3.05) is 18.9 Å². The van der Waals surface area contributed by atoms with Gasteiger partial charge in [-0.1, -0.05) is 23.7 Å². The van der Waals surface area contributed by atoms with Crippen molar-refractivity contribution in [3.05, 3.63) is 45.1 Å². The van der Waals surface area contributed by atoms with Gasteiger partial charge in [-0.3, -0.25) is 4.72 Å². The molecule has 0 saturated carbocycles. The van der Waals surface area contributed by atoms with Gasteiger partial charge in [-0.15, -0.1) is 11.3 Å². The molecular formula is C14H12ClNO6S2. The molecule has 24 heavy (non-hydrogen) atoms. The molecule has 1 heterocycles. The van der Waals surface area contributed by atoms with E-state index in [9.17, 15) is 18.0 Å². The largest absolute Gasteiger partial charge is 0.465 e. The number of hydrogen-bond donors (Lipinski definition) is 1. The normalized spacial score (nSPS) is 11.0. The maximum atomic E-state index is 12.6. The van der Waals surface area contributed by atoms with Crippen LogP contribution in [0, 0.1) is 0 Å². The third-order valence-electron chi connectivity index (χ3n) is 2.90. The molecule has 1 aromatic heterocycles. The Morgan fingerprint density at radius 1 is 1.12 bits per heavy atom. The molecule has 10 heteroatoms. The Balaban J connectivity index is 2.48. The van der Waals surface area contributed by atoms with E-state index in [-0.39, 0.29) is 25.4 Å². The summed E-state index contributed by atoms with van der Waals surface area (Å²) in [6.45, 7) is 0. The molecule has 1 aromatic carbocycles. The molecule has 0 aliphatic heterocycles. The summed E-state index contributed by atoms with van der Waals surface area (Å²) in [5, 5.41) is 0. The fourth-order valence-corrected chi connectivity index (χ4v) is 4.65. The first-order valence-electron chi connectivity index (χ1n) is 6.38. The van der Waals surface area contributed by atoms with E-state index in [0.29, 0.717) is 0 Å². The van der Waals surface area contributed by atoms with Crippen LogP contribution in [0.15, 0.2) is 35.2 Å². The van der Waals surface area contributed by atoms with Crippen LogP contribution in [0.2, 0.25) is 4.34 Å². The highest BCUT2D eigenvalue weighted by atomic mass is 35.5. The monoisotopic (exact) mass is 389 g/mol. The van der Waals surface area contributed by atoms with E-state index in [2.05, 4.69) is 14.2 Å². The van der Waals surface area contributed by atoms with E-state index in [4.69, 9.17) is 11.6 Å². The smallest absolute Gasteiger partial charge is 0.349 e. The van der Waals surface area contributed by atoms with E-state index >= 15 is 0 Å². The van der Waals surface area contributed by atoms with Crippen LogP contribution in [0.4, 0.5) is 5.69 Å². The molecular weight excluding hydrogens is 378 g/mol. The Labute approximate surface area is 147 Å². The molecule has 0 spiro atoms. The lowest BCUT2D eigenvalue weighted by molar-refractivity contribution is 0.0593. The third-order valence-corrected chi connectivity index (χ3v) is 5.67. The number of hydrogen-bond acceptors (Lipinski definition) is 7. The minimum atomic E-state index is -4.18. The van der Waals surface area contributed by atoms with Crippen molar-refractivity contribution < 1.29 is 27.5 Å². The first-order chi connectivity index (χ1) is 11.3. The van der Waals surface area contributed by atoms with Crippen molar-refractivity contribution in [2.24, 2.45) is 0 Å². The standard InChI is InChI=1S/C14H12ClNO6S2/c1-21-13(17)8-5-3-4-6-9(8)16-24(19,20)10-7-11(15)23-12(10)14(18)22-2/h3-7,16H,1-2H3. The van der Waals surface area contributed by atoms with E-state index in [1.807, 2.05) is 0 Å². The molecule has 0 atom stereocenters. The number of anilines is 1. The van der Waals surface area contributed by atoms with Crippen LogP contribution in [-0.2, 0) is 19.5 Å². The van der Waals surface area contributed by atoms with E-state index in [1.54, 1.807) is 12.1 Å². The molecule has 0 amide bonds. The van der Waals surface area contributed by atoms with Crippen molar-refractivity contribution >= 4 is 50.6 Å². The SMILES string of the molecule is COC(=O)c1ccccc1NS(=O)(=O)c1cc(Cl)sc1C(=O)OC. The summed E-state index contributed by atoms with van der Waals surface area (Å²) in [7, 11) is -1.86. The lowest BCUT2D eigenvalue weighted by Gasteiger charge is -2.11. The van der Waals surface area contributed by atoms with Crippen LogP contribution in [0.3, 0.4) is 0 Å². The van der Waals surface area contributed by atoms with E-state index in [0.717, 1.165) is 24.5 Å². The molecule has 0 saturated heterocycles. The Bertz CT molecular complexity index is 890. The van der Waals surface area contributed by atoms with Gasteiger partial charge in [0.1, 0.15) is 9.77 Å². The molecule has 0 aliphatic carbocycles. The van der Waals surface area contributed by atoms with Gasteiger partial charge in [-0.25, -0.2) is 18.0 Å². The topological polar surface area (TPSA) is 98.8 Å². The molecule has 0 unspecified atom stereocenters. The van der Waals surface area contributed by atoms with Crippen molar-refractivity contribution in [2.45, 2.75) is 4.90 Å². The molecule has 1 N–H and O–H groups in total. The number of sulfonamides is 1. The molecule has 7 nitrogen and oxygen atoms in total. The molecule has 128 valence electrons. The minimum Gasteiger partial charge on any atom is -0.465 e. The maximum absolute atomic E-state index is 12.6. The van der Waals surface area contributed by atoms with Gasteiger partial charge in [0.2, 0.25) is 0 Å². The third kappa shape index (κ3) is 3.69. The summed E-state index contributed by atoms with van der Waals surface area (Å²) in [4.78, 5) is 23.0. The summed E-state index contributed by atoms with van der Waals surface area (Å²) < 4.78 is 36.7. The summed E-state index contributed by atoms with van der Waals surface area (Å²) in [6, 6.07) is 7.06. The molecule has 2 aromatic rings. The van der Waals surface area contributed by atoms with Gasteiger partial charge in [-0.05, 0) is 18.2 Å². The Kier molecular flexibility index (Phi) is 5.47. The second kappa shape index (κ2) is 7.20. The number of ether oxygens (including phenoxy) is 2. The first kappa shape index (κ1) is 18.2. The summed E-state index contributed by atoms with van der Waals surface area (Å²) in [6.07, 6.45) is 0. The van der Waals surface area contributed by atoms with Crippen LogP contribution < -0.4 is 4.72 Å². The number of benzene rings is 1. The number of carbonyl (C=O) groups excluding carboxylic acids is 2. The van der Waals surface area contributed by atoms with Crippen LogP contribution in [-0.4, -0.2) is 34.6 Å². The van der Waals surface area contributed by atoms with Gasteiger partial charge in [-0.2, -0.15) is 0 Å². The molecule has 0 radical (unpaired) electrons. The lowest BCUT2D eigenvalue weighted by Crippen LogP contribution is -2.18. The van der Waals surface area contributed by atoms with Crippen molar-refractivity contribution in [3.63, 3.8) is 0 Å². The zero-order chi connectivity index (χ0) is 17.9. The summed E-state index contributed by atoms with van der Waals surface area (Å²) >= 11 is 6.60. The van der Waals surface area contributed by atoms with Crippen LogP contribution >= 0.6 is 22.9 Å². The fraction of sp³-hybridized carbons (Fsp3) is 0.143. The highest BCUT2D eigenvalue weighted by Crippen LogP contribution is 2.32. The van der Waals surface area contributed by atoms with Gasteiger partial charge < -0.3 is 9.47 Å². The van der Waals surface area contributed by atoms with Gasteiger partial charge in [0.05, 0.1) is 29.8 Å². The van der Waals surface area contributed by atoms with Crippen LogP contribution in [0.1, 0.15) is 20.0 Å². The number of nitrogens with one attached hydrogen (secondary N) is 1. The van der Waals surface area contributed by atoms with Crippen molar-refractivity contribution in [3.8, 4) is 0 Å². The highest BCUT2D eigenvalue weighted by molar-refractivity contribution is 7.93. The first-order valence-corrected chi connectivity index (χ1v) is 9.05. The number of esters is 2. The number of halogens is 1. The van der Waals surface area contributed by atoms with Gasteiger partial charge in [0, 0.05) is 0 Å². The predicted octanol–water partition coefficient (Wildman–Crippen LogP) is 2.78. The number of methoxy groups -OCH3 is 2. The molecule has 2 rings (SSSR count). The second-order valence-corrected chi connectivity index (χ2v) is 7.71. The highest BCUT2D eigenvalue weighted by Gasteiger charge is 2.28. The molecule has 0 fully saturated rings. The maximum Gasteiger partial charge on any atom is 0.349 e. The predicted molar refractivity (Wildman–Crippen MR) is 89.3 cm³/mol. The lowest BCUT2D eigenvalue weighted by atomic mass is 10.2. The second-order valence-electron chi connectivity index (χ2n) is 4.38.